The zero-order valence-electron chi connectivity index (χ0n) is 11.9. The maximum Gasteiger partial charge on any atom is 0.223 e. The Bertz CT molecular complexity index is 251. The molecule has 1 aliphatic rings. The molecule has 1 saturated heterocycles. The molecule has 0 aromatic rings. The van der Waals surface area contributed by atoms with E-state index in [1.165, 1.54) is 0 Å². The van der Waals surface area contributed by atoms with Gasteiger partial charge >= 0.3 is 0 Å². The Hall–Kier alpha value is -0.650. The van der Waals surface area contributed by atoms with Gasteiger partial charge in [-0.05, 0) is 26.8 Å². The lowest BCUT2D eigenvalue weighted by molar-refractivity contribution is -0.131. The van der Waals surface area contributed by atoms with Crippen LogP contribution >= 0.6 is 0 Å². The Morgan fingerprint density at radius 3 is 2.56 bits per heavy atom. The van der Waals surface area contributed by atoms with Gasteiger partial charge in [0.1, 0.15) is 0 Å². The Morgan fingerprint density at radius 2 is 2.00 bits per heavy atom. The molecule has 18 heavy (non-hydrogen) atoms. The minimum Gasteiger partial charge on any atom is -0.373 e. The summed E-state index contributed by atoms with van der Waals surface area (Å²) in [6.07, 6.45) is 1.98. The first-order valence-electron chi connectivity index (χ1n) is 6.84. The summed E-state index contributed by atoms with van der Waals surface area (Å²) < 4.78 is 5.67. The van der Waals surface area contributed by atoms with E-state index in [1.807, 2.05) is 7.05 Å². The molecule has 1 amide bonds. The highest BCUT2D eigenvalue weighted by Gasteiger charge is 2.22. The Labute approximate surface area is 110 Å². The lowest BCUT2D eigenvalue weighted by Crippen LogP contribution is -2.46. The molecule has 0 bridgehead atoms. The fraction of sp³-hybridized carbons (Fsp3) is 0.923. The molecule has 1 rings (SSSR count). The fourth-order valence-electron chi connectivity index (χ4n) is 2.36. The molecule has 0 spiro atoms. The summed E-state index contributed by atoms with van der Waals surface area (Å²) in [5.41, 5.74) is 5.44. The number of nitrogens with two attached hydrogens (primary N) is 1. The van der Waals surface area contributed by atoms with Crippen molar-refractivity contribution < 1.29 is 9.53 Å². The summed E-state index contributed by atoms with van der Waals surface area (Å²) in [5, 5.41) is 0. The van der Waals surface area contributed by atoms with Crippen molar-refractivity contribution in [3.63, 3.8) is 0 Å². The molecule has 2 N–H and O–H groups in total. The van der Waals surface area contributed by atoms with Crippen LogP contribution in [0.25, 0.3) is 0 Å². The molecule has 5 heteroatoms. The Kier molecular flexibility index (Phi) is 6.60. The monoisotopic (exact) mass is 257 g/mol. The first-order chi connectivity index (χ1) is 8.52. The number of carbonyl (C=O) groups excluding carboxylic acids is 1. The average molecular weight is 257 g/mol. The predicted octanol–water partition coefficient (Wildman–Crippen LogP) is 0.293. The second-order valence-corrected chi connectivity index (χ2v) is 5.22. The summed E-state index contributed by atoms with van der Waals surface area (Å²) in [6, 6.07) is 0. The van der Waals surface area contributed by atoms with Crippen LogP contribution in [-0.2, 0) is 9.53 Å². The number of rotatable bonds is 6. The number of amides is 1. The molecule has 0 radical (unpaired) electrons. The second kappa shape index (κ2) is 7.71. The molecule has 106 valence electrons. The van der Waals surface area contributed by atoms with Gasteiger partial charge in [-0.15, -0.1) is 0 Å². The normalized spacial score (nSPS) is 25.1. The third-order valence-corrected chi connectivity index (χ3v) is 3.26. The maximum atomic E-state index is 11.9. The van der Waals surface area contributed by atoms with Crippen molar-refractivity contribution in [2.75, 3.05) is 39.8 Å². The Morgan fingerprint density at radius 1 is 1.39 bits per heavy atom. The van der Waals surface area contributed by atoms with Gasteiger partial charge in [-0.2, -0.15) is 0 Å². The van der Waals surface area contributed by atoms with E-state index in [-0.39, 0.29) is 18.1 Å². The zero-order valence-corrected chi connectivity index (χ0v) is 11.9. The molecule has 5 nitrogen and oxygen atoms in total. The highest BCUT2D eigenvalue weighted by atomic mass is 16.5. The summed E-state index contributed by atoms with van der Waals surface area (Å²) >= 11 is 0. The van der Waals surface area contributed by atoms with E-state index >= 15 is 0 Å². The van der Waals surface area contributed by atoms with E-state index in [1.54, 1.807) is 4.90 Å². The lowest BCUT2D eigenvalue weighted by atomic mass is 10.2. The van der Waals surface area contributed by atoms with Crippen molar-refractivity contribution in [3.05, 3.63) is 0 Å². The summed E-state index contributed by atoms with van der Waals surface area (Å²) in [5.74, 6) is 0.204. The number of ether oxygens (including phenoxy) is 1. The summed E-state index contributed by atoms with van der Waals surface area (Å²) in [4.78, 5) is 16.0. The van der Waals surface area contributed by atoms with E-state index < -0.39 is 0 Å². The van der Waals surface area contributed by atoms with Gasteiger partial charge in [-0.3, -0.25) is 9.69 Å². The van der Waals surface area contributed by atoms with Crippen molar-refractivity contribution >= 4 is 5.91 Å². The summed E-state index contributed by atoms with van der Waals surface area (Å²) in [7, 11) is 1.85. The van der Waals surface area contributed by atoms with E-state index in [0.717, 1.165) is 32.6 Å². The van der Waals surface area contributed by atoms with Gasteiger partial charge in [0, 0.05) is 39.6 Å². The number of carbonyl (C=O) groups is 1. The fourth-order valence-corrected chi connectivity index (χ4v) is 2.36. The maximum absolute atomic E-state index is 11.9. The van der Waals surface area contributed by atoms with Gasteiger partial charge < -0.3 is 15.4 Å². The minimum absolute atomic E-state index is 0.204. The average Bonchev–Trinajstić information content (AvgIpc) is 2.31. The molecule has 1 fully saturated rings. The second-order valence-electron chi connectivity index (χ2n) is 5.22. The summed E-state index contributed by atoms with van der Waals surface area (Å²) in [6.45, 7) is 8.22. The smallest absolute Gasteiger partial charge is 0.223 e. The molecule has 1 aliphatic heterocycles. The third-order valence-electron chi connectivity index (χ3n) is 3.26. The van der Waals surface area contributed by atoms with Crippen molar-refractivity contribution in [1.82, 2.24) is 9.80 Å². The molecule has 0 aliphatic carbocycles. The van der Waals surface area contributed by atoms with Crippen molar-refractivity contribution in [1.29, 1.82) is 0 Å². The number of hydrogen-bond donors (Lipinski definition) is 1. The zero-order chi connectivity index (χ0) is 13.5. The van der Waals surface area contributed by atoms with Crippen LogP contribution < -0.4 is 5.73 Å². The van der Waals surface area contributed by atoms with Gasteiger partial charge in [0.2, 0.25) is 5.91 Å². The highest BCUT2D eigenvalue weighted by molar-refractivity contribution is 5.76. The first kappa shape index (κ1) is 15.4. The predicted molar refractivity (Wildman–Crippen MR) is 72.4 cm³/mol. The molecule has 0 unspecified atom stereocenters. The van der Waals surface area contributed by atoms with E-state index in [9.17, 15) is 4.79 Å². The van der Waals surface area contributed by atoms with E-state index in [4.69, 9.17) is 10.5 Å². The van der Waals surface area contributed by atoms with Crippen LogP contribution in [0.4, 0.5) is 0 Å². The highest BCUT2D eigenvalue weighted by Crippen LogP contribution is 2.11. The van der Waals surface area contributed by atoms with Crippen molar-refractivity contribution in [3.8, 4) is 0 Å². The van der Waals surface area contributed by atoms with Crippen LogP contribution in [-0.4, -0.2) is 67.7 Å². The van der Waals surface area contributed by atoms with E-state index in [0.29, 0.717) is 13.0 Å². The van der Waals surface area contributed by atoms with Gasteiger partial charge in [0.15, 0.2) is 0 Å². The minimum atomic E-state index is 0.204. The van der Waals surface area contributed by atoms with Crippen LogP contribution in [0.1, 0.15) is 26.7 Å². The molecule has 2 atom stereocenters. The van der Waals surface area contributed by atoms with E-state index in [2.05, 4.69) is 18.7 Å². The van der Waals surface area contributed by atoms with Gasteiger partial charge in [0.05, 0.1) is 12.2 Å². The van der Waals surface area contributed by atoms with Gasteiger partial charge in [-0.25, -0.2) is 0 Å². The SMILES string of the molecule is C[C@@H]1CN(CCC(=O)N(C)CCCN)C[C@H](C)O1. The number of hydrogen-bond acceptors (Lipinski definition) is 4. The topological polar surface area (TPSA) is 58.8 Å². The van der Waals surface area contributed by atoms with Crippen LogP contribution in [0.15, 0.2) is 0 Å². The Balaban J connectivity index is 2.25. The molecule has 1 heterocycles. The van der Waals surface area contributed by atoms with Crippen LogP contribution in [0, 0.1) is 0 Å². The van der Waals surface area contributed by atoms with Crippen molar-refractivity contribution in [2.45, 2.75) is 38.9 Å². The molecule has 0 aromatic carbocycles. The van der Waals surface area contributed by atoms with Gasteiger partial charge in [0.25, 0.3) is 0 Å². The first-order valence-corrected chi connectivity index (χ1v) is 6.84. The molecule has 0 aromatic heterocycles. The van der Waals surface area contributed by atoms with Crippen LogP contribution in [0.2, 0.25) is 0 Å². The largest absolute Gasteiger partial charge is 0.373 e. The van der Waals surface area contributed by atoms with Crippen molar-refractivity contribution in [2.24, 2.45) is 5.73 Å². The standard InChI is InChI=1S/C13H27N3O2/c1-11-9-16(10-12(2)18-11)8-5-13(17)15(3)7-4-6-14/h11-12H,4-10,14H2,1-3H3/t11-,12+. The van der Waals surface area contributed by atoms with Crippen LogP contribution in [0.5, 0.6) is 0 Å². The molecular weight excluding hydrogens is 230 g/mol. The molecule has 0 saturated carbocycles. The van der Waals surface area contributed by atoms with Crippen LogP contribution in [0.3, 0.4) is 0 Å². The number of morpholine rings is 1. The lowest BCUT2D eigenvalue weighted by Gasteiger charge is -2.35. The number of nitrogens with zero attached hydrogens (tertiary/aromatic N) is 2. The van der Waals surface area contributed by atoms with Gasteiger partial charge in [-0.1, -0.05) is 0 Å². The molecular formula is C13H27N3O2. The quantitative estimate of drug-likeness (QED) is 0.743. The third kappa shape index (κ3) is 5.33.